The summed E-state index contributed by atoms with van der Waals surface area (Å²) in [6.45, 7) is 1.42. The molecular weight excluding hydrogens is 264 g/mol. The fourth-order valence-electron chi connectivity index (χ4n) is 3.38. The lowest BCUT2D eigenvalue weighted by atomic mass is 9.96. The molecule has 1 aromatic carbocycles. The molecule has 21 heavy (non-hydrogen) atoms. The van der Waals surface area contributed by atoms with E-state index in [0.29, 0.717) is 30.6 Å². The van der Waals surface area contributed by atoms with Crippen LogP contribution in [0.4, 0.5) is 0 Å². The van der Waals surface area contributed by atoms with Gasteiger partial charge in [0.05, 0.1) is 5.52 Å². The molecule has 0 radical (unpaired) electrons. The van der Waals surface area contributed by atoms with E-state index in [1.54, 1.807) is 4.68 Å². The molecule has 0 saturated heterocycles. The van der Waals surface area contributed by atoms with E-state index in [4.69, 9.17) is 5.73 Å². The normalized spacial score (nSPS) is 21.8. The van der Waals surface area contributed by atoms with E-state index in [-0.39, 0.29) is 5.91 Å². The number of carbonyl (C=O) groups excluding carboxylic acids is 1. The highest BCUT2D eigenvalue weighted by Crippen LogP contribution is 2.30. The molecule has 1 heterocycles. The van der Waals surface area contributed by atoms with E-state index in [1.165, 1.54) is 12.8 Å². The number of amides is 1. The number of hydrogen-bond donors (Lipinski definition) is 2. The Morgan fingerprint density at radius 2 is 2.14 bits per heavy atom. The van der Waals surface area contributed by atoms with Crippen LogP contribution >= 0.6 is 0 Å². The lowest BCUT2D eigenvalue weighted by Crippen LogP contribution is -2.33. The zero-order valence-electron chi connectivity index (χ0n) is 12.4. The molecule has 1 aliphatic carbocycles. The molecule has 0 bridgehead atoms. The Bertz CT molecular complexity index is 649. The minimum absolute atomic E-state index is 0.0885. The molecular formula is C16H22N4O. The summed E-state index contributed by atoms with van der Waals surface area (Å²) >= 11 is 0. The van der Waals surface area contributed by atoms with Gasteiger partial charge in [0.25, 0.3) is 5.91 Å². The van der Waals surface area contributed by atoms with Crippen molar-refractivity contribution < 1.29 is 4.79 Å². The largest absolute Gasteiger partial charge is 0.350 e. The monoisotopic (exact) mass is 286 g/mol. The number of hydrogen-bond acceptors (Lipinski definition) is 3. The van der Waals surface area contributed by atoms with Crippen LogP contribution in [0.25, 0.3) is 10.9 Å². The van der Waals surface area contributed by atoms with Gasteiger partial charge in [-0.05, 0) is 37.3 Å². The van der Waals surface area contributed by atoms with Gasteiger partial charge in [0, 0.05) is 19.0 Å². The van der Waals surface area contributed by atoms with Crippen molar-refractivity contribution in [2.75, 3.05) is 13.1 Å². The predicted molar refractivity (Wildman–Crippen MR) is 82.9 cm³/mol. The third kappa shape index (κ3) is 2.65. The van der Waals surface area contributed by atoms with E-state index >= 15 is 0 Å². The Morgan fingerprint density at radius 3 is 2.95 bits per heavy atom. The fourth-order valence-corrected chi connectivity index (χ4v) is 3.38. The highest BCUT2D eigenvalue weighted by atomic mass is 16.1. The number of para-hydroxylation sites is 1. The van der Waals surface area contributed by atoms with Crippen LogP contribution in [-0.4, -0.2) is 28.8 Å². The minimum atomic E-state index is -0.0885. The molecule has 2 atom stereocenters. The molecule has 1 aromatic heterocycles. The number of nitrogens with one attached hydrogen (secondary N) is 1. The van der Waals surface area contributed by atoms with E-state index in [0.717, 1.165) is 17.3 Å². The molecule has 112 valence electrons. The molecule has 2 aromatic rings. The standard InChI is InChI=1S/C16H22N4O/c1-20-14-8-3-2-7-13(14)15(19-20)16(21)18-10-12-6-4-5-11(12)9-17/h2-3,7-8,11-12H,4-6,9-10,17H2,1H3,(H,18,21). The summed E-state index contributed by atoms with van der Waals surface area (Å²) in [5.74, 6) is 0.967. The summed E-state index contributed by atoms with van der Waals surface area (Å²) < 4.78 is 1.75. The zero-order valence-corrected chi connectivity index (χ0v) is 12.4. The van der Waals surface area contributed by atoms with Crippen LogP contribution in [0.5, 0.6) is 0 Å². The first-order valence-corrected chi connectivity index (χ1v) is 7.60. The zero-order chi connectivity index (χ0) is 14.8. The summed E-state index contributed by atoms with van der Waals surface area (Å²) in [6, 6.07) is 7.80. The minimum Gasteiger partial charge on any atom is -0.350 e. The maximum atomic E-state index is 12.4. The highest BCUT2D eigenvalue weighted by Gasteiger charge is 2.26. The average Bonchev–Trinajstić information content (AvgIpc) is 3.10. The van der Waals surface area contributed by atoms with E-state index in [1.807, 2.05) is 31.3 Å². The van der Waals surface area contributed by atoms with Crippen LogP contribution in [0.15, 0.2) is 24.3 Å². The highest BCUT2D eigenvalue weighted by molar-refractivity contribution is 6.04. The molecule has 1 amide bonds. The summed E-state index contributed by atoms with van der Waals surface area (Å²) in [5.41, 5.74) is 7.28. The van der Waals surface area contributed by atoms with Gasteiger partial charge in [-0.25, -0.2) is 0 Å². The lowest BCUT2D eigenvalue weighted by Gasteiger charge is -2.17. The third-order valence-electron chi connectivity index (χ3n) is 4.62. The van der Waals surface area contributed by atoms with Gasteiger partial charge in [-0.3, -0.25) is 9.48 Å². The Morgan fingerprint density at radius 1 is 1.38 bits per heavy atom. The molecule has 1 saturated carbocycles. The topological polar surface area (TPSA) is 72.9 Å². The van der Waals surface area contributed by atoms with Gasteiger partial charge in [0.15, 0.2) is 5.69 Å². The summed E-state index contributed by atoms with van der Waals surface area (Å²) in [5, 5.41) is 8.30. The van der Waals surface area contributed by atoms with Crippen molar-refractivity contribution in [3.63, 3.8) is 0 Å². The van der Waals surface area contributed by atoms with Crippen LogP contribution < -0.4 is 11.1 Å². The molecule has 1 aliphatic rings. The number of aryl methyl sites for hydroxylation is 1. The van der Waals surface area contributed by atoms with Crippen LogP contribution in [0.3, 0.4) is 0 Å². The molecule has 0 aliphatic heterocycles. The first-order chi connectivity index (χ1) is 10.2. The molecule has 3 N–H and O–H groups in total. The van der Waals surface area contributed by atoms with Crippen molar-refractivity contribution in [1.82, 2.24) is 15.1 Å². The number of carbonyl (C=O) groups is 1. The van der Waals surface area contributed by atoms with Crippen molar-refractivity contribution in [3.05, 3.63) is 30.0 Å². The lowest BCUT2D eigenvalue weighted by molar-refractivity contribution is 0.0940. The second-order valence-electron chi connectivity index (χ2n) is 5.89. The van der Waals surface area contributed by atoms with Crippen LogP contribution in [0.2, 0.25) is 0 Å². The van der Waals surface area contributed by atoms with Crippen LogP contribution in [0, 0.1) is 11.8 Å². The number of aromatic nitrogens is 2. The Labute approximate surface area is 124 Å². The quantitative estimate of drug-likeness (QED) is 0.898. The van der Waals surface area contributed by atoms with Crippen LogP contribution in [-0.2, 0) is 7.05 Å². The predicted octanol–water partition coefficient (Wildman–Crippen LogP) is 1.68. The first-order valence-electron chi connectivity index (χ1n) is 7.60. The molecule has 5 heteroatoms. The average molecular weight is 286 g/mol. The Balaban J connectivity index is 1.73. The number of nitrogens with zero attached hydrogens (tertiary/aromatic N) is 2. The van der Waals surface area contributed by atoms with Gasteiger partial charge in [-0.1, -0.05) is 24.6 Å². The Kier molecular flexibility index (Phi) is 3.92. The second kappa shape index (κ2) is 5.85. The van der Waals surface area contributed by atoms with Crippen molar-refractivity contribution in [3.8, 4) is 0 Å². The molecule has 3 rings (SSSR count). The van der Waals surface area contributed by atoms with E-state index in [9.17, 15) is 4.79 Å². The summed E-state index contributed by atoms with van der Waals surface area (Å²) in [4.78, 5) is 12.4. The molecule has 2 unspecified atom stereocenters. The van der Waals surface area contributed by atoms with Gasteiger partial charge in [0.2, 0.25) is 0 Å². The van der Waals surface area contributed by atoms with E-state index in [2.05, 4.69) is 10.4 Å². The van der Waals surface area contributed by atoms with Crippen molar-refractivity contribution in [2.45, 2.75) is 19.3 Å². The van der Waals surface area contributed by atoms with Gasteiger partial charge in [-0.15, -0.1) is 0 Å². The van der Waals surface area contributed by atoms with Gasteiger partial charge < -0.3 is 11.1 Å². The number of rotatable bonds is 4. The van der Waals surface area contributed by atoms with Crippen molar-refractivity contribution >= 4 is 16.8 Å². The number of benzene rings is 1. The summed E-state index contributed by atoms with van der Waals surface area (Å²) in [6.07, 6.45) is 3.56. The maximum Gasteiger partial charge on any atom is 0.272 e. The SMILES string of the molecule is Cn1nc(C(=O)NCC2CCCC2CN)c2ccccc21. The molecule has 5 nitrogen and oxygen atoms in total. The number of nitrogens with two attached hydrogens (primary N) is 1. The second-order valence-corrected chi connectivity index (χ2v) is 5.89. The maximum absolute atomic E-state index is 12.4. The van der Waals surface area contributed by atoms with Crippen LogP contribution in [0.1, 0.15) is 29.8 Å². The smallest absolute Gasteiger partial charge is 0.272 e. The molecule has 0 spiro atoms. The van der Waals surface area contributed by atoms with Gasteiger partial charge in [0.1, 0.15) is 0 Å². The summed E-state index contributed by atoms with van der Waals surface area (Å²) in [7, 11) is 1.86. The van der Waals surface area contributed by atoms with Gasteiger partial charge >= 0.3 is 0 Å². The fraction of sp³-hybridized carbons (Fsp3) is 0.500. The first kappa shape index (κ1) is 14.1. The number of fused-ring (bicyclic) bond motifs is 1. The molecule has 1 fully saturated rings. The van der Waals surface area contributed by atoms with Gasteiger partial charge in [-0.2, -0.15) is 5.10 Å². The third-order valence-corrected chi connectivity index (χ3v) is 4.62. The van der Waals surface area contributed by atoms with Crippen molar-refractivity contribution in [2.24, 2.45) is 24.6 Å². The van der Waals surface area contributed by atoms with Crippen molar-refractivity contribution in [1.29, 1.82) is 0 Å². The Hall–Kier alpha value is -1.88. The van der Waals surface area contributed by atoms with E-state index < -0.39 is 0 Å².